The number of allylic oxidation sites excluding steroid dienone is 1. The molecule has 11 nitrogen and oxygen atoms in total. The van der Waals surface area contributed by atoms with Crippen molar-refractivity contribution < 1.29 is 23.9 Å². The maximum Gasteiger partial charge on any atom is 0.258 e. The molecule has 0 spiro atoms. The van der Waals surface area contributed by atoms with Crippen molar-refractivity contribution in [1.29, 1.82) is 0 Å². The molecule has 2 amide bonds. The quantitative estimate of drug-likeness (QED) is 0.143. The number of carbonyl (C=O) groups is 2. The van der Waals surface area contributed by atoms with Crippen LogP contribution in [0.4, 0.5) is 11.4 Å². The monoisotopic (exact) mass is 708 g/mol. The number of aromatic nitrogens is 2. The molecule has 0 radical (unpaired) electrons. The summed E-state index contributed by atoms with van der Waals surface area (Å²) in [7, 11) is 5.26. The summed E-state index contributed by atoms with van der Waals surface area (Å²) in [6, 6.07) is 15.8. The summed E-state index contributed by atoms with van der Waals surface area (Å²) in [5.41, 5.74) is 4.62. The number of rotatable bonds is 12. The largest absolute Gasteiger partial charge is 0.495 e. The van der Waals surface area contributed by atoms with E-state index in [-0.39, 0.29) is 36.6 Å². The Morgan fingerprint density at radius 1 is 0.959 bits per heavy atom. The number of ether oxygens (including phenoxy) is 2. The van der Waals surface area contributed by atoms with Crippen LogP contribution in [0.15, 0.2) is 72.7 Å². The van der Waals surface area contributed by atoms with Gasteiger partial charge >= 0.3 is 0 Å². The van der Waals surface area contributed by atoms with Crippen LogP contribution < -0.4 is 19.7 Å². The third-order valence-corrected chi connectivity index (χ3v) is 8.29. The van der Waals surface area contributed by atoms with E-state index >= 15 is 0 Å². The van der Waals surface area contributed by atoms with Crippen molar-refractivity contribution in [2.45, 2.75) is 26.2 Å². The number of benzene rings is 3. The van der Waals surface area contributed by atoms with Crippen LogP contribution in [0, 0.1) is 6.92 Å². The number of carbonyl (C=O) groups excluding carboxylic acids is 3. The molecule has 1 fully saturated rings. The minimum absolute atomic E-state index is 0. The highest BCUT2D eigenvalue weighted by atomic mass is 35.5. The van der Waals surface area contributed by atoms with Crippen molar-refractivity contribution in [3.63, 3.8) is 0 Å². The number of hydrogen-bond donors (Lipinski definition) is 1. The Bertz CT molecular complexity index is 1800. The summed E-state index contributed by atoms with van der Waals surface area (Å²) in [5, 5.41) is 2.87. The average molecular weight is 710 g/mol. The van der Waals surface area contributed by atoms with Crippen LogP contribution in [0.5, 0.6) is 11.5 Å². The van der Waals surface area contributed by atoms with Crippen LogP contribution >= 0.6 is 24.8 Å². The first kappa shape index (κ1) is 38.8. The van der Waals surface area contributed by atoms with E-state index in [9.17, 15) is 14.4 Å². The number of nitrogens with one attached hydrogen (secondary N) is 1. The zero-order valence-electron chi connectivity index (χ0n) is 28.1. The molecule has 0 aliphatic carbocycles. The summed E-state index contributed by atoms with van der Waals surface area (Å²) in [4.78, 5) is 53.0. The zero-order chi connectivity index (χ0) is 33.3. The Labute approximate surface area is 299 Å². The smallest absolute Gasteiger partial charge is 0.258 e. The lowest BCUT2D eigenvalue weighted by Gasteiger charge is -2.34. The van der Waals surface area contributed by atoms with E-state index in [0.717, 1.165) is 50.3 Å². The molecule has 1 aliphatic rings. The molecule has 0 unspecified atom stereocenters. The number of aryl methyl sites for hydroxylation is 1. The number of likely N-dealkylation sites (N-methyl/N-ethyl adjacent to an activating group) is 1. The topological polar surface area (TPSA) is 117 Å². The highest BCUT2D eigenvalue weighted by Crippen LogP contribution is 2.32. The van der Waals surface area contributed by atoms with E-state index in [1.165, 1.54) is 12.0 Å². The van der Waals surface area contributed by atoms with E-state index in [2.05, 4.69) is 38.1 Å². The molecule has 5 rings (SSSR count). The fourth-order valence-corrected chi connectivity index (χ4v) is 5.54. The fraction of sp³-hybridized carbons (Fsp3) is 0.333. The van der Waals surface area contributed by atoms with Crippen molar-refractivity contribution in [2.75, 3.05) is 64.2 Å². The van der Waals surface area contributed by atoms with Crippen molar-refractivity contribution in [2.24, 2.45) is 0 Å². The first-order valence-corrected chi connectivity index (χ1v) is 15.7. The molecule has 49 heavy (non-hydrogen) atoms. The Balaban J connectivity index is 0.00000325. The predicted octanol–water partition coefficient (Wildman–Crippen LogP) is 5.83. The van der Waals surface area contributed by atoms with Gasteiger partial charge in [-0.25, -0.2) is 4.79 Å². The minimum Gasteiger partial charge on any atom is -0.495 e. The molecule has 13 heteroatoms. The van der Waals surface area contributed by atoms with Crippen molar-refractivity contribution in [3.05, 3.63) is 89.4 Å². The second kappa shape index (κ2) is 18.2. The van der Waals surface area contributed by atoms with Gasteiger partial charge in [-0.15, -0.1) is 24.8 Å². The van der Waals surface area contributed by atoms with E-state index in [1.54, 1.807) is 55.8 Å². The number of nitrogens with zero attached hydrogens (tertiary/aromatic N) is 5. The molecule has 0 bridgehead atoms. The number of methoxy groups -OCH3 is 1. The van der Waals surface area contributed by atoms with Gasteiger partial charge in [0.05, 0.1) is 41.9 Å². The Morgan fingerprint density at radius 3 is 2.45 bits per heavy atom. The summed E-state index contributed by atoms with van der Waals surface area (Å²) in [6.45, 7) is 5.97. The molecule has 260 valence electrons. The van der Waals surface area contributed by atoms with Gasteiger partial charge in [0.25, 0.3) is 11.8 Å². The normalized spacial score (nSPS) is 12.6. The number of unbranched alkanes of at least 4 members (excludes halogenated alkanes) is 1. The van der Waals surface area contributed by atoms with Crippen LogP contribution in [0.2, 0.25) is 0 Å². The van der Waals surface area contributed by atoms with Crippen LogP contribution in [0.3, 0.4) is 0 Å². The van der Waals surface area contributed by atoms with Gasteiger partial charge in [0.15, 0.2) is 0 Å². The van der Waals surface area contributed by atoms with Gasteiger partial charge < -0.3 is 29.5 Å². The van der Waals surface area contributed by atoms with E-state index in [1.807, 2.05) is 25.1 Å². The Kier molecular flexibility index (Phi) is 14.4. The number of anilines is 2. The summed E-state index contributed by atoms with van der Waals surface area (Å²) in [6.07, 6.45) is 5.32. The maximum absolute atomic E-state index is 13.7. The lowest BCUT2D eigenvalue weighted by Crippen LogP contribution is -2.44. The summed E-state index contributed by atoms with van der Waals surface area (Å²) < 4.78 is 11.7. The van der Waals surface area contributed by atoms with Gasteiger partial charge in [-0.05, 0) is 81.3 Å². The number of fused-ring (bicyclic) bond motifs is 1. The van der Waals surface area contributed by atoms with Gasteiger partial charge in [0.1, 0.15) is 23.0 Å². The first-order valence-electron chi connectivity index (χ1n) is 15.7. The Morgan fingerprint density at radius 2 is 1.71 bits per heavy atom. The van der Waals surface area contributed by atoms with E-state index in [0.29, 0.717) is 58.1 Å². The Hall–Kier alpha value is -4.67. The van der Waals surface area contributed by atoms with E-state index in [4.69, 9.17) is 9.47 Å². The SMILES string of the molecule is COc1cc(C(=O)N(C)c2ccc(C)cc2OCCCCC(=C=O)N2CCN(C)CC2)ccc1NC(=O)c1cccc2nccnc12.Cl.Cl. The molecular formula is C36H42Cl2N6O5. The van der Waals surface area contributed by atoms with Crippen LogP contribution in [0.25, 0.3) is 11.0 Å². The molecule has 1 aromatic heterocycles. The summed E-state index contributed by atoms with van der Waals surface area (Å²) >= 11 is 0. The number of hydrogen-bond acceptors (Lipinski definition) is 9. The molecule has 1 N–H and O–H groups in total. The van der Waals surface area contributed by atoms with E-state index < -0.39 is 0 Å². The minimum atomic E-state index is -0.371. The highest BCUT2D eigenvalue weighted by molar-refractivity contribution is 6.12. The van der Waals surface area contributed by atoms with Crippen molar-refractivity contribution in [1.82, 2.24) is 19.8 Å². The fourth-order valence-electron chi connectivity index (χ4n) is 5.54. The predicted molar refractivity (Wildman–Crippen MR) is 197 cm³/mol. The summed E-state index contributed by atoms with van der Waals surface area (Å²) in [5.74, 6) is 2.44. The van der Waals surface area contributed by atoms with Crippen LogP contribution in [-0.2, 0) is 4.79 Å². The molecule has 1 saturated heterocycles. The van der Waals surface area contributed by atoms with Gasteiger partial charge in [-0.3, -0.25) is 19.6 Å². The molecule has 0 atom stereocenters. The molecule has 0 saturated carbocycles. The van der Waals surface area contributed by atoms with Gasteiger partial charge in [0, 0.05) is 51.2 Å². The number of piperazine rings is 1. The van der Waals surface area contributed by atoms with Crippen molar-refractivity contribution in [3.8, 4) is 11.5 Å². The number of para-hydroxylation sites is 1. The van der Waals surface area contributed by atoms with Crippen LogP contribution in [0.1, 0.15) is 45.5 Å². The van der Waals surface area contributed by atoms with Crippen molar-refractivity contribution >= 4 is 65.0 Å². The number of halogens is 2. The standard InChI is InChI=1S/C36H40N6O5.2ClH/c1-25-11-14-31(33(22-25)47-21-6-5-8-27(24-43)42-19-17-40(2)18-20-42)41(3)36(45)26-12-13-29(32(23-26)46-4)39-35(44)28-9-7-10-30-34(28)38-16-15-37-30;;/h7,9-16,22-23H,5-6,8,17-21H2,1-4H3,(H,39,44);2*1H. The molecule has 1 aliphatic heterocycles. The second-order valence-electron chi connectivity index (χ2n) is 11.6. The van der Waals surface area contributed by atoms with Gasteiger partial charge in [-0.2, -0.15) is 0 Å². The van der Waals surface area contributed by atoms with Gasteiger partial charge in [0.2, 0.25) is 0 Å². The maximum atomic E-state index is 13.7. The number of amides is 2. The third kappa shape index (κ3) is 9.49. The molecule has 3 aromatic carbocycles. The second-order valence-corrected chi connectivity index (χ2v) is 11.6. The van der Waals surface area contributed by atoms with Gasteiger partial charge in [-0.1, -0.05) is 12.1 Å². The molecule has 2 heterocycles. The molecular weight excluding hydrogens is 667 g/mol. The lowest BCUT2D eigenvalue weighted by molar-refractivity contribution is 0.0990. The highest BCUT2D eigenvalue weighted by Gasteiger charge is 2.21. The average Bonchev–Trinajstić information content (AvgIpc) is 3.09. The zero-order valence-corrected chi connectivity index (χ0v) is 29.7. The first-order chi connectivity index (χ1) is 22.8. The third-order valence-electron chi connectivity index (χ3n) is 8.29. The lowest BCUT2D eigenvalue weighted by atomic mass is 10.1. The molecule has 4 aromatic rings. The van der Waals surface area contributed by atoms with Crippen LogP contribution in [-0.4, -0.2) is 91.5 Å².